The number of nitrogens with zero attached hydrogens (tertiary/aromatic N) is 1. The molecule has 0 radical (unpaired) electrons. The van der Waals surface area contributed by atoms with Crippen molar-refractivity contribution in [2.75, 3.05) is 11.9 Å². The summed E-state index contributed by atoms with van der Waals surface area (Å²) < 4.78 is 2.22. The summed E-state index contributed by atoms with van der Waals surface area (Å²) in [7, 11) is 2.07. The Balaban J connectivity index is 2.44. The van der Waals surface area contributed by atoms with Crippen LogP contribution in [0.25, 0.3) is 0 Å². The van der Waals surface area contributed by atoms with Crippen molar-refractivity contribution in [3.05, 3.63) is 56.5 Å². The molecule has 0 aliphatic rings. The van der Waals surface area contributed by atoms with Crippen LogP contribution >= 0.6 is 31.9 Å². The van der Waals surface area contributed by atoms with E-state index in [1.54, 1.807) is 0 Å². The number of rotatable bonds is 2. The number of halogens is 2. The zero-order valence-electron chi connectivity index (χ0n) is 10.7. The van der Waals surface area contributed by atoms with Gasteiger partial charge in [-0.2, -0.15) is 0 Å². The van der Waals surface area contributed by atoms with Gasteiger partial charge in [0.15, 0.2) is 0 Å². The number of benzene rings is 2. The molecule has 0 N–H and O–H groups in total. The molecule has 0 saturated carbocycles. The lowest BCUT2D eigenvalue weighted by molar-refractivity contribution is 1.18. The average Bonchev–Trinajstić information content (AvgIpc) is 2.28. The molecule has 0 aliphatic carbocycles. The number of aryl methyl sites for hydroxylation is 2. The van der Waals surface area contributed by atoms with Crippen LogP contribution in [0.2, 0.25) is 0 Å². The van der Waals surface area contributed by atoms with E-state index < -0.39 is 0 Å². The first-order valence-corrected chi connectivity index (χ1v) is 7.33. The third kappa shape index (κ3) is 2.78. The second-order valence-electron chi connectivity index (χ2n) is 4.47. The van der Waals surface area contributed by atoms with Gasteiger partial charge in [0, 0.05) is 16.0 Å². The zero-order valence-corrected chi connectivity index (χ0v) is 13.8. The molecule has 2 rings (SSSR count). The molecule has 0 bridgehead atoms. The summed E-state index contributed by atoms with van der Waals surface area (Å²) in [5, 5.41) is 0. The van der Waals surface area contributed by atoms with E-state index in [-0.39, 0.29) is 0 Å². The third-order valence-corrected chi connectivity index (χ3v) is 4.20. The van der Waals surface area contributed by atoms with Crippen molar-refractivity contribution in [2.45, 2.75) is 13.8 Å². The van der Waals surface area contributed by atoms with Crippen LogP contribution in [-0.2, 0) is 0 Å². The maximum absolute atomic E-state index is 3.63. The summed E-state index contributed by atoms with van der Waals surface area (Å²) in [6.45, 7) is 4.19. The Labute approximate surface area is 125 Å². The Morgan fingerprint density at radius 3 is 1.50 bits per heavy atom. The average molecular weight is 369 g/mol. The number of hydrogen-bond donors (Lipinski definition) is 0. The summed E-state index contributed by atoms with van der Waals surface area (Å²) in [6.07, 6.45) is 0. The predicted molar refractivity (Wildman–Crippen MR) is 85.8 cm³/mol. The van der Waals surface area contributed by atoms with Gasteiger partial charge in [-0.25, -0.2) is 0 Å². The van der Waals surface area contributed by atoms with Gasteiger partial charge in [-0.15, -0.1) is 0 Å². The number of anilines is 2. The predicted octanol–water partition coefficient (Wildman–Crippen LogP) is 5.60. The molecule has 0 fully saturated rings. The Morgan fingerprint density at radius 1 is 0.778 bits per heavy atom. The first-order chi connectivity index (χ1) is 8.49. The monoisotopic (exact) mass is 367 g/mol. The molecule has 2 aromatic carbocycles. The Morgan fingerprint density at radius 2 is 1.17 bits per heavy atom. The van der Waals surface area contributed by atoms with Crippen LogP contribution in [-0.4, -0.2) is 7.05 Å². The standard InChI is InChI=1S/C15H15Br2N/c1-10-4-6-14(12(16)8-10)18(3)15-7-5-11(2)9-13(15)17/h4-9H,1-3H3. The highest BCUT2D eigenvalue weighted by molar-refractivity contribution is 9.11. The Bertz CT molecular complexity index is 527. The Hall–Kier alpha value is -0.800. The second kappa shape index (κ2) is 5.45. The van der Waals surface area contributed by atoms with Gasteiger partial charge in [-0.05, 0) is 81.1 Å². The van der Waals surface area contributed by atoms with E-state index in [2.05, 4.69) is 94.1 Å². The molecule has 0 atom stereocenters. The van der Waals surface area contributed by atoms with Crippen molar-refractivity contribution >= 4 is 43.2 Å². The molecule has 0 aliphatic heterocycles. The maximum Gasteiger partial charge on any atom is 0.0552 e. The van der Waals surface area contributed by atoms with E-state index in [1.807, 2.05) is 0 Å². The van der Waals surface area contributed by atoms with Crippen LogP contribution in [0, 0.1) is 13.8 Å². The van der Waals surface area contributed by atoms with Gasteiger partial charge in [0.25, 0.3) is 0 Å². The van der Waals surface area contributed by atoms with E-state index in [1.165, 1.54) is 11.1 Å². The molecule has 0 amide bonds. The summed E-state index contributed by atoms with van der Waals surface area (Å²) >= 11 is 7.25. The van der Waals surface area contributed by atoms with E-state index in [9.17, 15) is 0 Å². The highest BCUT2D eigenvalue weighted by atomic mass is 79.9. The fourth-order valence-electron chi connectivity index (χ4n) is 1.90. The summed E-state index contributed by atoms with van der Waals surface area (Å²) in [6, 6.07) is 12.8. The maximum atomic E-state index is 3.63. The SMILES string of the molecule is Cc1ccc(N(C)c2ccc(C)cc2Br)c(Br)c1. The summed E-state index contributed by atoms with van der Waals surface area (Å²) in [5.74, 6) is 0. The van der Waals surface area contributed by atoms with Crippen LogP contribution in [0.5, 0.6) is 0 Å². The molecular formula is C15H15Br2N. The van der Waals surface area contributed by atoms with Gasteiger partial charge in [-0.1, -0.05) is 12.1 Å². The van der Waals surface area contributed by atoms with Crippen molar-refractivity contribution in [2.24, 2.45) is 0 Å². The van der Waals surface area contributed by atoms with Crippen LogP contribution in [0.1, 0.15) is 11.1 Å². The molecule has 0 heterocycles. The molecular weight excluding hydrogens is 354 g/mol. The van der Waals surface area contributed by atoms with E-state index in [4.69, 9.17) is 0 Å². The molecule has 18 heavy (non-hydrogen) atoms. The van der Waals surface area contributed by atoms with Gasteiger partial charge >= 0.3 is 0 Å². The molecule has 3 heteroatoms. The Kier molecular flexibility index (Phi) is 4.13. The molecule has 0 saturated heterocycles. The fraction of sp³-hybridized carbons (Fsp3) is 0.200. The van der Waals surface area contributed by atoms with Crippen molar-refractivity contribution in [3.63, 3.8) is 0 Å². The molecule has 0 aromatic heterocycles. The van der Waals surface area contributed by atoms with Gasteiger partial charge in [-0.3, -0.25) is 0 Å². The van der Waals surface area contributed by atoms with Crippen molar-refractivity contribution in [1.29, 1.82) is 0 Å². The van der Waals surface area contributed by atoms with Crippen LogP contribution < -0.4 is 4.90 Å². The molecule has 94 valence electrons. The van der Waals surface area contributed by atoms with E-state index in [0.717, 1.165) is 20.3 Å². The van der Waals surface area contributed by atoms with Gasteiger partial charge in [0.1, 0.15) is 0 Å². The highest BCUT2D eigenvalue weighted by Gasteiger charge is 2.10. The van der Waals surface area contributed by atoms with Crippen molar-refractivity contribution < 1.29 is 0 Å². The van der Waals surface area contributed by atoms with Crippen molar-refractivity contribution in [1.82, 2.24) is 0 Å². The van der Waals surface area contributed by atoms with Crippen molar-refractivity contribution in [3.8, 4) is 0 Å². The fourth-order valence-corrected chi connectivity index (χ4v) is 3.42. The lowest BCUT2D eigenvalue weighted by atomic mass is 10.2. The lowest BCUT2D eigenvalue weighted by Crippen LogP contribution is -2.10. The smallest absolute Gasteiger partial charge is 0.0552 e. The third-order valence-electron chi connectivity index (χ3n) is 2.93. The minimum absolute atomic E-state index is 1.11. The number of hydrogen-bond acceptors (Lipinski definition) is 1. The first-order valence-electron chi connectivity index (χ1n) is 5.75. The van der Waals surface area contributed by atoms with E-state index >= 15 is 0 Å². The highest BCUT2D eigenvalue weighted by Crippen LogP contribution is 2.35. The zero-order chi connectivity index (χ0) is 13.3. The molecule has 0 unspecified atom stereocenters. The largest absolute Gasteiger partial charge is 0.343 e. The van der Waals surface area contributed by atoms with E-state index in [0.29, 0.717) is 0 Å². The van der Waals surface area contributed by atoms with Gasteiger partial charge in [0.2, 0.25) is 0 Å². The van der Waals surface area contributed by atoms with Crippen LogP contribution in [0.4, 0.5) is 11.4 Å². The summed E-state index contributed by atoms with van der Waals surface area (Å²) in [4.78, 5) is 2.17. The molecule has 1 nitrogen and oxygen atoms in total. The minimum Gasteiger partial charge on any atom is -0.343 e. The quantitative estimate of drug-likeness (QED) is 0.667. The van der Waals surface area contributed by atoms with Crippen LogP contribution in [0.3, 0.4) is 0 Å². The van der Waals surface area contributed by atoms with Gasteiger partial charge in [0.05, 0.1) is 11.4 Å². The van der Waals surface area contributed by atoms with Gasteiger partial charge < -0.3 is 4.90 Å². The first kappa shape index (κ1) is 13.6. The molecule has 2 aromatic rings. The normalized spacial score (nSPS) is 10.5. The molecule has 0 spiro atoms. The lowest BCUT2D eigenvalue weighted by Gasteiger charge is -2.22. The van der Waals surface area contributed by atoms with Crippen LogP contribution in [0.15, 0.2) is 45.3 Å². The minimum atomic E-state index is 1.11. The summed E-state index contributed by atoms with van der Waals surface area (Å²) in [5.41, 5.74) is 4.82. The second-order valence-corrected chi connectivity index (χ2v) is 6.18. The topological polar surface area (TPSA) is 3.24 Å².